The van der Waals surface area contributed by atoms with Crippen molar-refractivity contribution in [1.29, 1.82) is 0 Å². The third-order valence-electron chi connectivity index (χ3n) is 2.07. The number of carboxylic acids is 1. The molecule has 4 nitrogen and oxygen atoms in total. The van der Waals surface area contributed by atoms with E-state index in [1.807, 2.05) is 0 Å². The van der Waals surface area contributed by atoms with Crippen LogP contribution in [0.15, 0.2) is 0 Å². The number of aliphatic carboxylic acids is 1. The highest BCUT2D eigenvalue weighted by Gasteiger charge is 2.08. The van der Waals surface area contributed by atoms with Crippen molar-refractivity contribution >= 4 is 5.97 Å². The monoisotopic (exact) mass is 172 g/mol. The molecule has 0 spiro atoms. The SMILES string of the molecule is O=C(O)CCCN1CCNCC1. The summed E-state index contributed by atoms with van der Waals surface area (Å²) in [5.74, 6) is -0.690. The van der Waals surface area contributed by atoms with Gasteiger partial charge in [0.25, 0.3) is 0 Å². The number of rotatable bonds is 4. The Morgan fingerprint density at radius 2 is 2.08 bits per heavy atom. The van der Waals surface area contributed by atoms with Crippen LogP contribution in [0.4, 0.5) is 0 Å². The van der Waals surface area contributed by atoms with Crippen LogP contribution in [0.25, 0.3) is 0 Å². The van der Waals surface area contributed by atoms with Crippen molar-refractivity contribution in [3.63, 3.8) is 0 Å². The van der Waals surface area contributed by atoms with E-state index in [0.717, 1.165) is 39.1 Å². The van der Waals surface area contributed by atoms with Crippen LogP contribution < -0.4 is 5.32 Å². The largest absolute Gasteiger partial charge is 0.481 e. The van der Waals surface area contributed by atoms with Crippen molar-refractivity contribution in [1.82, 2.24) is 10.2 Å². The molecule has 1 fully saturated rings. The Labute approximate surface area is 72.6 Å². The second kappa shape index (κ2) is 5.11. The van der Waals surface area contributed by atoms with Crippen molar-refractivity contribution in [3.8, 4) is 0 Å². The molecule has 12 heavy (non-hydrogen) atoms. The molecule has 0 saturated carbocycles. The predicted octanol–water partition coefficient (Wildman–Crippen LogP) is -0.244. The first-order valence-electron chi connectivity index (χ1n) is 4.44. The van der Waals surface area contributed by atoms with Gasteiger partial charge >= 0.3 is 5.97 Å². The molecular weight excluding hydrogens is 156 g/mol. The Hall–Kier alpha value is -0.610. The molecule has 0 atom stereocenters. The number of carboxylic acid groups (broad SMARTS) is 1. The van der Waals surface area contributed by atoms with E-state index in [1.165, 1.54) is 0 Å². The smallest absolute Gasteiger partial charge is 0.303 e. The van der Waals surface area contributed by atoms with Crippen LogP contribution in [0.3, 0.4) is 0 Å². The van der Waals surface area contributed by atoms with Crippen molar-refractivity contribution in [2.24, 2.45) is 0 Å². The average Bonchev–Trinajstić information content (AvgIpc) is 2.05. The normalized spacial score (nSPS) is 19.3. The molecule has 0 unspecified atom stereocenters. The van der Waals surface area contributed by atoms with Crippen LogP contribution in [0.1, 0.15) is 12.8 Å². The van der Waals surface area contributed by atoms with Gasteiger partial charge in [-0.15, -0.1) is 0 Å². The molecule has 4 heteroatoms. The first-order chi connectivity index (χ1) is 5.79. The summed E-state index contributed by atoms with van der Waals surface area (Å²) in [6, 6.07) is 0. The second-order valence-electron chi connectivity index (χ2n) is 3.09. The maximum absolute atomic E-state index is 10.2. The molecule has 1 rings (SSSR count). The Morgan fingerprint density at radius 3 is 2.67 bits per heavy atom. The maximum Gasteiger partial charge on any atom is 0.303 e. The molecule has 1 aliphatic rings. The van der Waals surface area contributed by atoms with E-state index in [2.05, 4.69) is 10.2 Å². The molecule has 1 saturated heterocycles. The summed E-state index contributed by atoms with van der Waals surface area (Å²) in [5, 5.41) is 11.7. The van der Waals surface area contributed by atoms with E-state index >= 15 is 0 Å². The standard InChI is InChI=1S/C8H16N2O2/c11-8(12)2-1-5-10-6-3-9-4-7-10/h9H,1-7H2,(H,11,12). The summed E-state index contributed by atoms with van der Waals surface area (Å²) in [7, 11) is 0. The van der Waals surface area contributed by atoms with Gasteiger partial charge in [0.15, 0.2) is 0 Å². The molecule has 1 heterocycles. The van der Waals surface area contributed by atoms with Crippen molar-refractivity contribution in [2.75, 3.05) is 32.7 Å². The molecule has 2 N–H and O–H groups in total. The molecule has 0 amide bonds. The fourth-order valence-corrected chi connectivity index (χ4v) is 1.39. The fourth-order valence-electron chi connectivity index (χ4n) is 1.39. The lowest BCUT2D eigenvalue weighted by Crippen LogP contribution is -2.43. The highest BCUT2D eigenvalue weighted by molar-refractivity contribution is 5.66. The summed E-state index contributed by atoms with van der Waals surface area (Å²) >= 11 is 0. The van der Waals surface area contributed by atoms with Crippen LogP contribution in [0, 0.1) is 0 Å². The van der Waals surface area contributed by atoms with Crippen LogP contribution in [-0.2, 0) is 4.79 Å². The average molecular weight is 172 g/mol. The van der Waals surface area contributed by atoms with Crippen LogP contribution in [0.2, 0.25) is 0 Å². The van der Waals surface area contributed by atoms with Gasteiger partial charge in [-0.1, -0.05) is 0 Å². The van der Waals surface area contributed by atoms with E-state index < -0.39 is 5.97 Å². The highest BCUT2D eigenvalue weighted by atomic mass is 16.4. The lowest BCUT2D eigenvalue weighted by molar-refractivity contribution is -0.137. The lowest BCUT2D eigenvalue weighted by Gasteiger charge is -2.26. The third-order valence-corrected chi connectivity index (χ3v) is 2.07. The zero-order valence-electron chi connectivity index (χ0n) is 7.25. The van der Waals surface area contributed by atoms with E-state index in [4.69, 9.17) is 5.11 Å². The Balaban J connectivity index is 2.01. The second-order valence-corrected chi connectivity index (χ2v) is 3.09. The molecule has 0 aliphatic carbocycles. The van der Waals surface area contributed by atoms with Gasteiger partial charge in [0.05, 0.1) is 0 Å². The number of nitrogens with one attached hydrogen (secondary N) is 1. The minimum atomic E-state index is -0.690. The topological polar surface area (TPSA) is 52.6 Å². The fraction of sp³-hybridized carbons (Fsp3) is 0.875. The molecular formula is C8H16N2O2. The van der Waals surface area contributed by atoms with Gasteiger partial charge < -0.3 is 15.3 Å². The first-order valence-corrected chi connectivity index (χ1v) is 4.44. The van der Waals surface area contributed by atoms with Gasteiger partial charge in [-0.25, -0.2) is 0 Å². The number of carbonyl (C=O) groups is 1. The highest BCUT2D eigenvalue weighted by Crippen LogP contribution is 1.96. The Bertz CT molecular complexity index is 144. The van der Waals surface area contributed by atoms with Gasteiger partial charge in [-0.05, 0) is 13.0 Å². The molecule has 0 bridgehead atoms. The van der Waals surface area contributed by atoms with Crippen LogP contribution in [-0.4, -0.2) is 48.7 Å². The van der Waals surface area contributed by atoms with Crippen LogP contribution in [0.5, 0.6) is 0 Å². The van der Waals surface area contributed by atoms with E-state index in [9.17, 15) is 4.79 Å². The van der Waals surface area contributed by atoms with E-state index in [1.54, 1.807) is 0 Å². The molecule has 0 aromatic heterocycles. The molecule has 0 radical (unpaired) electrons. The number of nitrogens with zero attached hydrogens (tertiary/aromatic N) is 1. The molecule has 0 aromatic carbocycles. The summed E-state index contributed by atoms with van der Waals surface area (Å²) in [6.45, 7) is 5.10. The third kappa shape index (κ3) is 3.69. The summed E-state index contributed by atoms with van der Waals surface area (Å²) in [5.41, 5.74) is 0. The number of hydrogen-bond donors (Lipinski definition) is 2. The maximum atomic E-state index is 10.2. The molecule has 70 valence electrons. The van der Waals surface area contributed by atoms with Crippen molar-refractivity contribution in [2.45, 2.75) is 12.8 Å². The Morgan fingerprint density at radius 1 is 1.42 bits per heavy atom. The zero-order valence-corrected chi connectivity index (χ0v) is 7.25. The van der Waals surface area contributed by atoms with E-state index in [-0.39, 0.29) is 0 Å². The molecule has 1 aliphatic heterocycles. The molecule has 0 aromatic rings. The zero-order chi connectivity index (χ0) is 8.81. The Kier molecular flexibility index (Phi) is 4.04. The van der Waals surface area contributed by atoms with Gasteiger partial charge in [0, 0.05) is 32.6 Å². The summed E-state index contributed by atoms with van der Waals surface area (Å²) in [6.07, 6.45) is 1.07. The van der Waals surface area contributed by atoms with Gasteiger partial charge in [-0.2, -0.15) is 0 Å². The van der Waals surface area contributed by atoms with Crippen LogP contribution >= 0.6 is 0 Å². The summed E-state index contributed by atoms with van der Waals surface area (Å²) in [4.78, 5) is 12.5. The number of piperazine rings is 1. The number of hydrogen-bond acceptors (Lipinski definition) is 3. The minimum Gasteiger partial charge on any atom is -0.481 e. The van der Waals surface area contributed by atoms with Gasteiger partial charge in [-0.3, -0.25) is 4.79 Å². The van der Waals surface area contributed by atoms with Gasteiger partial charge in [0.2, 0.25) is 0 Å². The van der Waals surface area contributed by atoms with Crippen molar-refractivity contribution < 1.29 is 9.90 Å². The first kappa shape index (κ1) is 9.48. The van der Waals surface area contributed by atoms with Crippen molar-refractivity contribution in [3.05, 3.63) is 0 Å². The quantitative estimate of drug-likeness (QED) is 0.614. The van der Waals surface area contributed by atoms with E-state index in [0.29, 0.717) is 6.42 Å². The minimum absolute atomic E-state index is 0.296. The summed E-state index contributed by atoms with van der Waals surface area (Å²) < 4.78 is 0. The van der Waals surface area contributed by atoms with Gasteiger partial charge in [0.1, 0.15) is 0 Å². The lowest BCUT2D eigenvalue weighted by atomic mass is 10.2. The predicted molar refractivity (Wildman–Crippen MR) is 46.2 cm³/mol.